The number of aliphatic hydroxyl groups excluding tert-OH is 1. The first-order valence-electron chi connectivity index (χ1n) is 9.78. The van der Waals surface area contributed by atoms with E-state index in [2.05, 4.69) is 15.2 Å². The summed E-state index contributed by atoms with van der Waals surface area (Å²) in [6.07, 6.45) is -3.42. The normalized spacial score (nSPS) is 15.2. The van der Waals surface area contributed by atoms with Crippen LogP contribution in [-0.4, -0.2) is 35.2 Å². The maximum atomic E-state index is 13.0. The Kier molecular flexibility index (Phi) is 5.97. The van der Waals surface area contributed by atoms with Crippen LogP contribution in [0.15, 0.2) is 53.9 Å². The molecule has 1 fully saturated rings. The lowest BCUT2D eigenvalue weighted by molar-refractivity contribution is -0.137. The number of hydrogen-bond acceptors (Lipinski definition) is 5. The second kappa shape index (κ2) is 8.68. The van der Waals surface area contributed by atoms with Crippen molar-refractivity contribution in [2.75, 3.05) is 23.3 Å². The predicted octanol–water partition coefficient (Wildman–Crippen LogP) is 5.04. The number of benzene rings is 2. The minimum atomic E-state index is -4.44. The molecule has 0 unspecified atom stereocenters. The number of piperidine rings is 1. The van der Waals surface area contributed by atoms with E-state index in [1.807, 2.05) is 18.2 Å². The predicted molar refractivity (Wildman–Crippen MR) is 114 cm³/mol. The number of nitrogens with zero attached hydrogens (tertiary/aromatic N) is 2. The van der Waals surface area contributed by atoms with Gasteiger partial charge in [0.1, 0.15) is 10.7 Å². The zero-order valence-electron chi connectivity index (χ0n) is 16.4. The average Bonchev–Trinajstić information content (AvgIpc) is 3.25. The Morgan fingerprint density at radius 3 is 2.61 bits per heavy atom. The lowest BCUT2D eigenvalue weighted by atomic mass is 10.1. The second-order valence-electron chi connectivity index (χ2n) is 7.31. The lowest BCUT2D eigenvalue weighted by Gasteiger charge is -2.32. The molecule has 3 aromatic rings. The molecular weight excluding hydrogens is 427 g/mol. The van der Waals surface area contributed by atoms with Gasteiger partial charge < -0.3 is 15.3 Å². The molecule has 5 nitrogen and oxygen atoms in total. The van der Waals surface area contributed by atoms with Crippen LogP contribution in [0.1, 0.15) is 28.9 Å². The molecule has 1 aliphatic rings. The van der Waals surface area contributed by atoms with Gasteiger partial charge in [-0.05, 0) is 37.1 Å². The number of aliphatic hydroxyl groups is 1. The van der Waals surface area contributed by atoms with Crippen LogP contribution in [0, 0.1) is 0 Å². The maximum absolute atomic E-state index is 13.0. The van der Waals surface area contributed by atoms with Crippen molar-refractivity contribution in [3.63, 3.8) is 0 Å². The van der Waals surface area contributed by atoms with E-state index in [0.29, 0.717) is 42.2 Å². The van der Waals surface area contributed by atoms with E-state index >= 15 is 0 Å². The van der Waals surface area contributed by atoms with Crippen molar-refractivity contribution in [3.05, 3.63) is 65.2 Å². The highest BCUT2D eigenvalue weighted by molar-refractivity contribution is 7.13. The van der Waals surface area contributed by atoms with Crippen molar-refractivity contribution < 1.29 is 23.1 Å². The summed E-state index contributed by atoms with van der Waals surface area (Å²) in [6, 6.07) is 12.3. The molecule has 2 heterocycles. The molecule has 0 radical (unpaired) electrons. The molecule has 1 amide bonds. The fourth-order valence-electron chi connectivity index (χ4n) is 3.49. The second-order valence-corrected chi connectivity index (χ2v) is 8.16. The summed E-state index contributed by atoms with van der Waals surface area (Å²) in [4.78, 5) is 19.1. The molecule has 1 aromatic heterocycles. The summed E-state index contributed by atoms with van der Waals surface area (Å²) in [5.74, 6) is -0.432. The number of aromatic nitrogens is 1. The summed E-state index contributed by atoms with van der Waals surface area (Å²) in [6.45, 7) is 1.37. The summed E-state index contributed by atoms with van der Waals surface area (Å²) in [5.41, 5.74) is 1.17. The standard InChI is InChI=1S/C22H20F3N3O2S/c23-22(24,25)15-5-3-4-14(12-15)21-27-18(13-31-21)20(30)26-17-6-1-2-7-19(17)28-10-8-16(29)9-11-28/h1-7,12-13,16,29H,8-11H2,(H,26,30). The van der Waals surface area contributed by atoms with Gasteiger partial charge in [0.2, 0.25) is 0 Å². The van der Waals surface area contributed by atoms with Crippen molar-refractivity contribution in [2.45, 2.75) is 25.1 Å². The molecule has 0 saturated carbocycles. The minimum Gasteiger partial charge on any atom is -0.393 e. The quantitative estimate of drug-likeness (QED) is 0.588. The molecule has 31 heavy (non-hydrogen) atoms. The van der Waals surface area contributed by atoms with Gasteiger partial charge in [0.05, 0.1) is 23.0 Å². The molecule has 9 heteroatoms. The van der Waals surface area contributed by atoms with Crippen molar-refractivity contribution in [1.29, 1.82) is 0 Å². The number of alkyl halides is 3. The fourth-order valence-corrected chi connectivity index (χ4v) is 4.28. The number of carbonyl (C=O) groups is 1. The number of para-hydroxylation sites is 2. The Balaban J connectivity index is 1.52. The SMILES string of the molecule is O=C(Nc1ccccc1N1CCC(O)CC1)c1csc(-c2cccc(C(F)(F)F)c2)n1. The Morgan fingerprint density at radius 2 is 1.87 bits per heavy atom. The highest BCUT2D eigenvalue weighted by Gasteiger charge is 2.30. The van der Waals surface area contributed by atoms with Gasteiger partial charge in [-0.2, -0.15) is 13.2 Å². The van der Waals surface area contributed by atoms with Crippen molar-refractivity contribution in [2.24, 2.45) is 0 Å². The van der Waals surface area contributed by atoms with Crippen molar-refractivity contribution in [3.8, 4) is 10.6 Å². The molecule has 162 valence electrons. The van der Waals surface area contributed by atoms with Gasteiger partial charge in [-0.1, -0.05) is 24.3 Å². The number of amides is 1. The Hall–Kier alpha value is -2.91. The van der Waals surface area contributed by atoms with E-state index in [-0.39, 0.29) is 11.8 Å². The number of hydrogen-bond donors (Lipinski definition) is 2. The Labute approximate surface area is 181 Å². The largest absolute Gasteiger partial charge is 0.416 e. The first-order valence-corrected chi connectivity index (χ1v) is 10.7. The third-order valence-electron chi connectivity index (χ3n) is 5.13. The van der Waals surface area contributed by atoms with E-state index in [0.717, 1.165) is 29.2 Å². The number of carbonyl (C=O) groups excluding carboxylic acids is 1. The van der Waals surface area contributed by atoms with Gasteiger partial charge in [0, 0.05) is 24.0 Å². The zero-order chi connectivity index (χ0) is 22.0. The summed E-state index contributed by atoms with van der Waals surface area (Å²) < 4.78 is 38.9. The smallest absolute Gasteiger partial charge is 0.393 e. The Morgan fingerprint density at radius 1 is 1.13 bits per heavy atom. The van der Waals surface area contributed by atoms with Crippen LogP contribution in [0.2, 0.25) is 0 Å². The molecule has 1 aliphatic heterocycles. The molecule has 2 N–H and O–H groups in total. The topological polar surface area (TPSA) is 65.5 Å². The van der Waals surface area contributed by atoms with E-state index < -0.39 is 17.6 Å². The summed E-state index contributed by atoms with van der Waals surface area (Å²) >= 11 is 1.12. The van der Waals surface area contributed by atoms with Crippen molar-refractivity contribution >= 4 is 28.6 Å². The van der Waals surface area contributed by atoms with Crippen LogP contribution in [0.4, 0.5) is 24.5 Å². The van der Waals surface area contributed by atoms with Gasteiger partial charge >= 0.3 is 6.18 Å². The van der Waals surface area contributed by atoms with Gasteiger partial charge in [-0.3, -0.25) is 4.79 Å². The van der Waals surface area contributed by atoms with Crippen LogP contribution in [0.3, 0.4) is 0 Å². The first-order chi connectivity index (χ1) is 14.8. The minimum absolute atomic E-state index is 0.140. The number of rotatable bonds is 4. The van der Waals surface area contributed by atoms with E-state index in [4.69, 9.17) is 0 Å². The Bertz CT molecular complexity index is 1080. The van der Waals surface area contributed by atoms with E-state index in [1.54, 1.807) is 6.07 Å². The zero-order valence-corrected chi connectivity index (χ0v) is 17.2. The third-order valence-corrected chi connectivity index (χ3v) is 6.02. The summed E-state index contributed by atoms with van der Waals surface area (Å²) in [7, 11) is 0. The maximum Gasteiger partial charge on any atom is 0.416 e. The van der Waals surface area contributed by atoms with Gasteiger partial charge in [0.25, 0.3) is 5.91 Å². The third kappa shape index (κ3) is 4.88. The van der Waals surface area contributed by atoms with Gasteiger partial charge in [0.15, 0.2) is 0 Å². The van der Waals surface area contributed by atoms with Crippen LogP contribution >= 0.6 is 11.3 Å². The van der Waals surface area contributed by atoms with Crippen LogP contribution < -0.4 is 10.2 Å². The van der Waals surface area contributed by atoms with E-state index in [1.165, 1.54) is 17.5 Å². The molecule has 0 bridgehead atoms. The number of anilines is 2. The average molecular weight is 447 g/mol. The molecule has 0 aliphatic carbocycles. The van der Waals surface area contributed by atoms with Gasteiger partial charge in [-0.15, -0.1) is 11.3 Å². The van der Waals surface area contributed by atoms with Crippen LogP contribution in [0.5, 0.6) is 0 Å². The van der Waals surface area contributed by atoms with Crippen molar-refractivity contribution in [1.82, 2.24) is 4.98 Å². The van der Waals surface area contributed by atoms with Gasteiger partial charge in [-0.25, -0.2) is 4.98 Å². The fraction of sp³-hybridized carbons (Fsp3) is 0.273. The first kappa shape index (κ1) is 21.3. The molecule has 1 saturated heterocycles. The number of halogens is 3. The number of nitrogens with one attached hydrogen (secondary N) is 1. The molecule has 0 atom stereocenters. The van der Waals surface area contributed by atoms with Crippen LogP contribution in [0.25, 0.3) is 10.6 Å². The number of thiazole rings is 1. The molecular formula is C22H20F3N3O2S. The highest BCUT2D eigenvalue weighted by Crippen LogP contribution is 2.33. The molecule has 2 aromatic carbocycles. The molecule has 4 rings (SSSR count). The lowest BCUT2D eigenvalue weighted by Crippen LogP contribution is -2.36. The highest BCUT2D eigenvalue weighted by atomic mass is 32.1. The van der Waals surface area contributed by atoms with Crippen LogP contribution in [-0.2, 0) is 6.18 Å². The molecule has 0 spiro atoms. The monoisotopic (exact) mass is 447 g/mol. The van der Waals surface area contributed by atoms with E-state index in [9.17, 15) is 23.1 Å². The summed E-state index contributed by atoms with van der Waals surface area (Å²) in [5, 5.41) is 14.5.